The van der Waals surface area contributed by atoms with Crippen molar-refractivity contribution in [3.63, 3.8) is 0 Å². The van der Waals surface area contributed by atoms with Crippen molar-refractivity contribution in [3.05, 3.63) is 94.6 Å². The zero-order chi connectivity index (χ0) is 26.6. The molecule has 0 radical (unpaired) electrons. The van der Waals surface area contributed by atoms with Crippen LogP contribution in [0.5, 0.6) is 5.75 Å². The molecular weight excluding hydrogens is 488 g/mol. The van der Waals surface area contributed by atoms with Crippen molar-refractivity contribution in [1.29, 1.82) is 0 Å². The van der Waals surface area contributed by atoms with Crippen LogP contribution in [0, 0.1) is 22.0 Å². The lowest BCUT2D eigenvalue weighted by molar-refractivity contribution is -0.384. The Labute approximate surface area is 217 Å². The van der Waals surface area contributed by atoms with E-state index in [2.05, 4.69) is 5.32 Å². The zero-order valence-corrected chi connectivity index (χ0v) is 20.2. The lowest BCUT2D eigenvalue weighted by Gasteiger charge is -2.36. The Hall–Kier alpha value is -4.99. The molecule has 2 saturated heterocycles. The number of amides is 3. The van der Waals surface area contributed by atoms with E-state index >= 15 is 0 Å². The molecule has 10 heteroatoms. The smallest absolute Gasteiger partial charge is 0.269 e. The minimum atomic E-state index is -0.981. The van der Waals surface area contributed by atoms with Crippen molar-refractivity contribution in [2.24, 2.45) is 11.8 Å². The molecule has 3 aromatic rings. The molecule has 0 saturated carbocycles. The maximum absolute atomic E-state index is 13.9. The van der Waals surface area contributed by atoms with Gasteiger partial charge < -0.3 is 15.0 Å². The number of carbonyl (C=O) groups excluding carboxylic acids is 3. The van der Waals surface area contributed by atoms with Crippen molar-refractivity contribution in [3.8, 4) is 5.75 Å². The van der Waals surface area contributed by atoms with Crippen LogP contribution < -0.4 is 19.9 Å². The summed E-state index contributed by atoms with van der Waals surface area (Å²) >= 11 is 0. The summed E-state index contributed by atoms with van der Waals surface area (Å²) in [5.41, 5.74) is 2.30. The van der Waals surface area contributed by atoms with Crippen molar-refractivity contribution in [1.82, 2.24) is 0 Å². The van der Waals surface area contributed by atoms with Gasteiger partial charge in [0.05, 0.1) is 35.6 Å². The zero-order valence-electron chi connectivity index (χ0n) is 20.2. The third-order valence-electron chi connectivity index (χ3n) is 7.36. The highest BCUT2D eigenvalue weighted by Crippen LogP contribution is 2.49. The molecule has 4 atom stereocenters. The van der Waals surface area contributed by atoms with Crippen LogP contribution in [0.1, 0.15) is 5.56 Å². The topological polar surface area (TPSA) is 122 Å². The first-order valence-corrected chi connectivity index (χ1v) is 12.0. The summed E-state index contributed by atoms with van der Waals surface area (Å²) in [6.45, 7) is 0. The second-order valence-corrected chi connectivity index (χ2v) is 9.32. The average Bonchev–Trinajstić information content (AvgIpc) is 3.41. The molecule has 2 fully saturated rings. The highest BCUT2D eigenvalue weighted by atomic mass is 16.6. The lowest BCUT2D eigenvalue weighted by Crippen LogP contribution is -2.50. The fourth-order valence-electron chi connectivity index (χ4n) is 5.68. The maximum atomic E-state index is 13.9. The largest absolute Gasteiger partial charge is 0.497 e. The van der Waals surface area contributed by atoms with Gasteiger partial charge in [-0.3, -0.25) is 24.5 Å². The van der Waals surface area contributed by atoms with Crippen LogP contribution in [0.25, 0.3) is 6.08 Å². The number of nitro groups is 1. The Kier molecular flexibility index (Phi) is 5.45. The first kappa shape index (κ1) is 23.4. The minimum absolute atomic E-state index is 0.106. The molecule has 3 aliphatic heterocycles. The standard InChI is InChI=1S/C28H22N4O6/c1-38-20-13-11-18(12-14-20)30-27(34)23-22-15-6-16-4-2-3-5-21(16)31(22)25(24(23)28(30)35)26(33)29-17-7-9-19(10-8-17)32(36)37/h2-15,22-25H,1H3,(H,29,33)/t22-,23-,24+,25-/m0/s1. The predicted octanol–water partition coefficient (Wildman–Crippen LogP) is 3.63. The summed E-state index contributed by atoms with van der Waals surface area (Å²) in [5, 5.41) is 13.8. The van der Waals surface area contributed by atoms with Crippen LogP contribution in [-0.4, -0.2) is 41.8 Å². The number of anilines is 3. The van der Waals surface area contributed by atoms with E-state index in [-0.39, 0.29) is 11.6 Å². The number of hydrogen-bond donors (Lipinski definition) is 1. The van der Waals surface area contributed by atoms with Crippen molar-refractivity contribution >= 4 is 46.5 Å². The van der Waals surface area contributed by atoms with Gasteiger partial charge in [-0.2, -0.15) is 0 Å². The Morgan fingerprint density at radius 2 is 1.63 bits per heavy atom. The van der Waals surface area contributed by atoms with E-state index in [9.17, 15) is 24.5 Å². The Bertz CT molecular complexity index is 1500. The molecular formula is C28H22N4O6. The number of methoxy groups -OCH3 is 1. The predicted molar refractivity (Wildman–Crippen MR) is 140 cm³/mol. The summed E-state index contributed by atoms with van der Waals surface area (Å²) in [6, 6.07) is 18.1. The number of para-hydroxylation sites is 1. The fourth-order valence-corrected chi connectivity index (χ4v) is 5.68. The molecule has 190 valence electrons. The number of imide groups is 1. The van der Waals surface area contributed by atoms with Gasteiger partial charge in [-0.25, -0.2) is 4.90 Å². The Morgan fingerprint density at radius 1 is 0.947 bits per heavy atom. The summed E-state index contributed by atoms with van der Waals surface area (Å²) < 4.78 is 5.20. The number of non-ortho nitro benzene ring substituents is 1. The van der Waals surface area contributed by atoms with Crippen molar-refractivity contribution < 1.29 is 24.0 Å². The number of nitrogens with one attached hydrogen (secondary N) is 1. The summed E-state index contributed by atoms with van der Waals surface area (Å²) in [7, 11) is 1.53. The molecule has 0 aromatic heterocycles. The fraction of sp³-hybridized carbons (Fsp3) is 0.179. The summed E-state index contributed by atoms with van der Waals surface area (Å²) in [5.74, 6) is -2.39. The number of rotatable bonds is 5. The van der Waals surface area contributed by atoms with E-state index in [1.165, 1.54) is 31.4 Å². The van der Waals surface area contributed by atoms with E-state index in [1.807, 2.05) is 41.3 Å². The van der Waals surface area contributed by atoms with E-state index < -0.39 is 40.7 Å². The molecule has 1 N–H and O–H groups in total. The third kappa shape index (κ3) is 3.52. The molecule has 0 aliphatic carbocycles. The monoisotopic (exact) mass is 510 g/mol. The molecule has 3 amide bonds. The Morgan fingerprint density at radius 3 is 2.32 bits per heavy atom. The van der Waals surface area contributed by atoms with E-state index in [0.717, 1.165) is 16.2 Å². The summed E-state index contributed by atoms with van der Waals surface area (Å²) in [6.07, 6.45) is 3.79. The molecule has 0 bridgehead atoms. The minimum Gasteiger partial charge on any atom is -0.497 e. The normalized spacial score (nSPS) is 23.1. The van der Waals surface area contributed by atoms with E-state index in [4.69, 9.17) is 4.74 Å². The molecule has 0 spiro atoms. The first-order valence-electron chi connectivity index (χ1n) is 12.0. The van der Waals surface area contributed by atoms with Gasteiger partial charge >= 0.3 is 0 Å². The maximum Gasteiger partial charge on any atom is 0.269 e. The van der Waals surface area contributed by atoms with Crippen LogP contribution in [0.3, 0.4) is 0 Å². The molecule has 3 aliphatic rings. The highest BCUT2D eigenvalue weighted by Gasteiger charge is 2.64. The van der Waals surface area contributed by atoms with E-state index in [0.29, 0.717) is 17.1 Å². The van der Waals surface area contributed by atoms with Crippen LogP contribution in [0.4, 0.5) is 22.7 Å². The molecule has 0 unspecified atom stereocenters. The molecule has 6 rings (SSSR count). The molecule has 10 nitrogen and oxygen atoms in total. The average molecular weight is 511 g/mol. The van der Waals surface area contributed by atoms with Crippen LogP contribution >= 0.6 is 0 Å². The van der Waals surface area contributed by atoms with Gasteiger partial charge in [0.15, 0.2) is 0 Å². The van der Waals surface area contributed by atoms with Crippen molar-refractivity contribution in [2.75, 3.05) is 22.2 Å². The van der Waals surface area contributed by atoms with Gasteiger partial charge in [-0.1, -0.05) is 30.4 Å². The van der Waals surface area contributed by atoms with Gasteiger partial charge in [0.2, 0.25) is 17.7 Å². The quantitative estimate of drug-likeness (QED) is 0.316. The summed E-state index contributed by atoms with van der Waals surface area (Å²) in [4.78, 5) is 54.9. The second-order valence-electron chi connectivity index (χ2n) is 9.32. The van der Waals surface area contributed by atoms with Crippen molar-refractivity contribution in [2.45, 2.75) is 12.1 Å². The molecule has 38 heavy (non-hydrogen) atoms. The highest BCUT2D eigenvalue weighted by molar-refractivity contribution is 6.25. The van der Waals surface area contributed by atoms with Gasteiger partial charge in [-0.05, 0) is 48.0 Å². The third-order valence-corrected chi connectivity index (χ3v) is 7.36. The van der Waals surface area contributed by atoms with Crippen LogP contribution in [0.15, 0.2) is 78.9 Å². The number of carbonyl (C=O) groups is 3. The molecule has 3 heterocycles. The number of fused-ring (bicyclic) bond motifs is 5. The molecule has 3 aromatic carbocycles. The van der Waals surface area contributed by atoms with E-state index in [1.54, 1.807) is 24.3 Å². The van der Waals surface area contributed by atoms with Gasteiger partial charge in [0.1, 0.15) is 11.8 Å². The number of ether oxygens (including phenoxy) is 1. The van der Waals surface area contributed by atoms with Crippen LogP contribution in [-0.2, 0) is 14.4 Å². The number of benzene rings is 3. The number of nitro benzene ring substituents is 1. The van der Waals surface area contributed by atoms with Crippen LogP contribution in [0.2, 0.25) is 0 Å². The lowest BCUT2D eigenvalue weighted by atomic mass is 9.88. The van der Waals surface area contributed by atoms with Gasteiger partial charge in [-0.15, -0.1) is 0 Å². The Balaban J connectivity index is 1.39. The second kappa shape index (κ2) is 8.84. The SMILES string of the molecule is COc1ccc(N2C(=O)[C@@H]3[C@@H](C2=O)[C@@H]2C=Cc4ccccc4N2[C@@H]3C(=O)Nc2ccc([N+](=O)[O-])cc2)cc1. The number of hydrogen-bond acceptors (Lipinski definition) is 7. The van der Waals surface area contributed by atoms with Gasteiger partial charge in [0.25, 0.3) is 5.69 Å². The first-order chi connectivity index (χ1) is 18.4. The van der Waals surface area contributed by atoms with Gasteiger partial charge in [0, 0.05) is 23.5 Å². The number of nitrogens with zero attached hydrogens (tertiary/aromatic N) is 3.